The first-order valence-electron chi connectivity index (χ1n) is 4.50. The van der Waals surface area contributed by atoms with E-state index in [1.54, 1.807) is 18.2 Å². The zero-order valence-electron chi connectivity index (χ0n) is 8.91. The molecule has 0 aliphatic rings. The van der Waals surface area contributed by atoms with Gasteiger partial charge in [0.25, 0.3) is 5.69 Å². The molecule has 0 aliphatic heterocycles. The summed E-state index contributed by atoms with van der Waals surface area (Å²) >= 11 is 6.23. The lowest BCUT2D eigenvalue weighted by Crippen LogP contribution is -2.08. The fourth-order valence-corrected chi connectivity index (χ4v) is 1.11. The van der Waals surface area contributed by atoms with Crippen molar-refractivity contribution >= 4 is 45.9 Å². The molecule has 17 heavy (non-hydrogen) atoms. The number of nitro groups is 1. The van der Waals surface area contributed by atoms with Crippen LogP contribution in [-0.4, -0.2) is 21.4 Å². The smallest absolute Gasteiger partial charge is 0.258 e. The zero-order valence-corrected chi connectivity index (χ0v) is 10.5. The van der Waals surface area contributed by atoms with Gasteiger partial charge in [-0.1, -0.05) is 24.0 Å². The number of benzene rings is 1. The Balaban J connectivity index is 2.66. The van der Waals surface area contributed by atoms with E-state index >= 15 is 0 Å². The van der Waals surface area contributed by atoms with Crippen LogP contribution in [0.2, 0.25) is 0 Å². The minimum Gasteiger partial charge on any atom is -0.258 e. The summed E-state index contributed by atoms with van der Waals surface area (Å²) in [6.07, 6.45) is 3.44. The first kappa shape index (κ1) is 13.4. The molecule has 5 nitrogen and oxygen atoms in total. The zero-order chi connectivity index (χ0) is 12.7. The summed E-state index contributed by atoms with van der Waals surface area (Å²) in [5, 5.41) is 14.2. The first-order chi connectivity index (χ1) is 8.13. The van der Waals surface area contributed by atoms with E-state index in [2.05, 4.69) is 16.4 Å². The van der Waals surface area contributed by atoms with Crippen molar-refractivity contribution < 1.29 is 4.92 Å². The van der Waals surface area contributed by atoms with Crippen LogP contribution < -0.4 is 5.43 Å². The molecule has 0 fully saturated rings. The molecule has 1 rings (SSSR count). The van der Waals surface area contributed by atoms with Gasteiger partial charge in [-0.3, -0.25) is 15.5 Å². The van der Waals surface area contributed by atoms with Gasteiger partial charge in [-0.05, 0) is 24.0 Å². The number of nitro benzene ring substituents is 1. The highest BCUT2D eigenvalue weighted by Gasteiger charge is 2.01. The van der Waals surface area contributed by atoms with E-state index in [0.29, 0.717) is 4.32 Å². The summed E-state index contributed by atoms with van der Waals surface area (Å²) < 4.78 is 0.551. The molecule has 1 aromatic carbocycles. The topological polar surface area (TPSA) is 67.5 Å². The summed E-state index contributed by atoms with van der Waals surface area (Å²) in [5.41, 5.74) is 3.43. The number of thioether (sulfide) groups is 1. The van der Waals surface area contributed by atoms with Gasteiger partial charge in [0.1, 0.15) is 0 Å². The maximum absolute atomic E-state index is 10.4. The molecule has 0 heterocycles. The lowest BCUT2D eigenvalue weighted by molar-refractivity contribution is -0.384. The maximum atomic E-state index is 10.4. The lowest BCUT2D eigenvalue weighted by Gasteiger charge is -1.93. The normalized spacial score (nSPS) is 9.00. The first-order valence-corrected chi connectivity index (χ1v) is 6.13. The van der Waals surface area contributed by atoms with Crippen LogP contribution in [0.15, 0.2) is 29.4 Å². The van der Waals surface area contributed by atoms with Crippen molar-refractivity contribution in [3.05, 3.63) is 39.9 Å². The highest BCUT2D eigenvalue weighted by molar-refractivity contribution is 8.22. The van der Waals surface area contributed by atoms with Gasteiger partial charge >= 0.3 is 0 Å². The largest absolute Gasteiger partial charge is 0.269 e. The predicted octanol–water partition coefficient (Wildman–Crippen LogP) is 2.43. The van der Waals surface area contributed by atoms with Crippen molar-refractivity contribution in [1.29, 1.82) is 0 Å². The van der Waals surface area contributed by atoms with Crippen LogP contribution in [0.1, 0.15) is 5.56 Å². The molecular formula is C10H9N3O2S2. The van der Waals surface area contributed by atoms with Crippen molar-refractivity contribution in [2.45, 2.75) is 0 Å². The number of nitrogens with zero attached hydrogens (tertiary/aromatic N) is 2. The van der Waals surface area contributed by atoms with E-state index in [0.717, 1.165) is 5.56 Å². The van der Waals surface area contributed by atoms with E-state index in [9.17, 15) is 10.1 Å². The van der Waals surface area contributed by atoms with Crippen LogP contribution >= 0.6 is 24.0 Å². The van der Waals surface area contributed by atoms with Crippen LogP contribution in [0.5, 0.6) is 0 Å². The Bertz CT molecular complexity index is 479. The van der Waals surface area contributed by atoms with E-state index in [1.165, 1.54) is 23.9 Å². The Morgan fingerprint density at radius 3 is 2.76 bits per heavy atom. The predicted molar refractivity (Wildman–Crippen MR) is 74.2 cm³/mol. The third-order valence-electron chi connectivity index (χ3n) is 1.73. The number of non-ortho nitro benzene ring substituents is 1. The minimum absolute atomic E-state index is 0.0563. The molecule has 1 aromatic rings. The summed E-state index contributed by atoms with van der Waals surface area (Å²) in [4.78, 5) is 9.97. The third-order valence-corrected chi connectivity index (χ3v) is 2.79. The number of rotatable bonds is 3. The molecule has 0 spiro atoms. The number of nitrogens with one attached hydrogen (secondary N) is 1. The van der Waals surface area contributed by atoms with Crippen molar-refractivity contribution in [3.8, 4) is 0 Å². The average Bonchev–Trinajstić information content (AvgIpc) is 2.34. The second-order valence-electron chi connectivity index (χ2n) is 2.84. The molecular weight excluding hydrogens is 258 g/mol. The van der Waals surface area contributed by atoms with E-state index in [4.69, 9.17) is 12.2 Å². The van der Waals surface area contributed by atoms with Crippen LogP contribution in [0.25, 0.3) is 6.08 Å². The summed E-state index contributed by atoms with van der Waals surface area (Å²) in [6.45, 7) is 0. The molecule has 0 bridgehead atoms. The molecule has 0 amide bonds. The van der Waals surface area contributed by atoms with E-state index < -0.39 is 4.92 Å². The SMILES string of the molecule is CSC(=S)NN=C=Cc1ccc([N+](=O)[O-])cc1. The number of hydrazone groups is 1. The van der Waals surface area contributed by atoms with Crippen molar-refractivity contribution in [1.82, 2.24) is 5.43 Å². The fourth-order valence-electron chi connectivity index (χ4n) is 0.923. The molecule has 0 unspecified atom stereocenters. The van der Waals surface area contributed by atoms with Gasteiger partial charge in [0.15, 0.2) is 4.32 Å². The molecule has 1 N–H and O–H groups in total. The number of thiocarbonyl (C=S) groups is 1. The van der Waals surface area contributed by atoms with Gasteiger partial charge < -0.3 is 0 Å². The third kappa shape index (κ3) is 4.78. The van der Waals surface area contributed by atoms with Crippen LogP contribution in [0.3, 0.4) is 0 Å². The van der Waals surface area contributed by atoms with Crippen molar-refractivity contribution in [2.75, 3.05) is 6.26 Å². The standard InChI is InChI=1S/C10H9N3O2S2/c1-17-10(16)12-11-7-6-8-2-4-9(5-3-8)13(14)15/h2-6H,1H3,(H,12,16). The Kier molecular flexibility index (Phi) is 5.35. The van der Waals surface area contributed by atoms with Crippen LogP contribution in [-0.2, 0) is 0 Å². The van der Waals surface area contributed by atoms with Gasteiger partial charge in [0.2, 0.25) is 0 Å². The Morgan fingerprint density at radius 1 is 1.59 bits per heavy atom. The van der Waals surface area contributed by atoms with Crippen molar-refractivity contribution in [2.24, 2.45) is 5.10 Å². The highest BCUT2D eigenvalue weighted by Crippen LogP contribution is 2.11. The second kappa shape index (κ2) is 6.80. The summed E-state index contributed by atoms with van der Waals surface area (Å²) in [7, 11) is 0. The quantitative estimate of drug-likeness (QED) is 0.394. The van der Waals surface area contributed by atoms with Crippen LogP contribution in [0.4, 0.5) is 5.69 Å². The van der Waals surface area contributed by atoms with Gasteiger partial charge in [0, 0.05) is 24.1 Å². The lowest BCUT2D eigenvalue weighted by atomic mass is 10.2. The van der Waals surface area contributed by atoms with Gasteiger partial charge in [-0.15, -0.1) is 5.10 Å². The highest BCUT2D eigenvalue weighted by atomic mass is 32.2. The summed E-state index contributed by atoms with van der Waals surface area (Å²) in [6, 6.07) is 6.09. The van der Waals surface area contributed by atoms with Crippen molar-refractivity contribution in [3.63, 3.8) is 0 Å². The minimum atomic E-state index is -0.444. The van der Waals surface area contributed by atoms with Crippen LogP contribution in [0, 0.1) is 10.1 Å². The number of hydrogen-bond donors (Lipinski definition) is 1. The molecule has 7 heteroatoms. The molecule has 0 radical (unpaired) electrons. The summed E-state index contributed by atoms with van der Waals surface area (Å²) in [5.74, 6) is 2.63. The maximum Gasteiger partial charge on any atom is 0.269 e. The molecule has 0 saturated carbocycles. The van der Waals surface area contributed by atoms with Gasteiger partial charge in [-0.2, -0.15) is 0 Å². The molecule has 0 saturated heterocycles. The van der Waals surface area contributed by atoms with E-state index in [-0.39, 0.29) is 5.69 Å². The molecule has 0 atom stereocenters. The molecule has 0 aliphatic carbocycles. The Hall–Kier alpha value is -1.69. The number of hydrogen-bond acceptors (Lipinski definition) is 5. The van der Waals surface area contributed by atoms with Gasteiger partial charge in [-0.25, -0.2) is 0 Å². The average molecular weight is 267 g/mol. The Morgan fingerprint density at radius 2 is 2.24 bits per heavy atom. The van der Waals surface area contributed by atoms with E-state index in [1.807, 2.05) is 6.26 Å². The molecule has 88 valence electrons. The fraction of sp³-hybridized carbons (Fsp3) is 0.100. The Labute approximate surface area is 108 Å². The monoisotopic (exact) mass is 267 g/mol. The molecule has 0 aromatic heterocycles. The second-order valence-corrected chi connectivity index (χ2v) is 4.32. The van der Waals surface area contributed by atoms with Gasteiger partial charge in [0.05, 0.1) is 4.92 Å².